The van der Waals surface area contributed by atoms with Gasteiger partial charge in [0.2, 0.25) is 5.88 Å². The molecule has 1 atom stereocenters. The summed E-state index contributed by atoms with van der Waals surface area (Å²) in [6, 6.07) is 3.39. The van der Waals surface area contributed by atoms with Crippen LogP contribution in [0.3, 0.4) is 0 Å². The Kier molecular flexibility index (Phi) is 3.60. The average Bonchev–Trinajstić information content (AvgIpc) is 2.50. The Hall–Kier alpha value is -2.01. The number of halogens is 1. The molecule has 1 unspecified atom stereocenters. The fraction of sp³-hybridized carbons (Fsp3) is 0.375. The van der Waals surface area contributed by atoms with Crippen molar-refractivity contribution in [2.45, 2.75) is 32.1 Å². The number of hydrogen-bond donors (Lipinski definition) is 0. The normalized spacial score (nSPS) is 20.6. The fourth-order valence-corrected chi connectivity index (χ4v) is 3.15. The van der Waals surface area contributed by atoms with Gasteiger partial charge in [0.25, 0.3) is 0 Å². The number of Topliss-reactive ketones (excluding diaryl/α,β-unsaturated/α-hetero) is 1. The number of aromatic nitrogens is 3. The first kappa shape index (κ1) is 14.9. The SMILES string of the molecule is COc1ccnc(C2(C)CCc3nc(Cl)cc(C)c3C2=O)n1. The van der Waals surface area contributed by atoms with Gasteiger partial charge in [-0.2, -0.15) is 4.98 Å². The Labute approximate surface area is 133 Å². The summed E-state index contributed by atoms with van der Waals surface area (Å²) < 4.78 is 5.14. The molecule has 114 valence electrons. The number of pyridine rings is 1. The van der Waals surface area contributed by atoms with Crippen LogP contribution in [0.25, 0.3) is 0 Å². The minimum absolute atomic E-state index is 0.0105. The highest BCUT2D eigenvalue weighted by atomic mass is 35.5. The van der Waals surface area contributed by atoms with Crippen LogP contribution in [0.15, 0.2) is 18.3 Å². The lowest BCUT2D eigenvalue weighted by Crippen LogP contribution is -2.40. The number of ether oxygens (including phenoxy) is 1. The smallest absolute Gasteiger partial charge is 0.216 e. The number of carbonyl (C=O) groups is 1. The molecule has 0 saturated heterocycles. The number of fused-ring (bicyclic) bond motifs is 1. The number of carbonyl (C=O) groups excluding carboxylic acids is 1. The molecular weight excluding hydrogens is 302 g/mol. The zero-order chi connectivity index (χ0) is 15.9. The van der Waals surface area contributed by atoms with E-state index in [2.05, 4.69) is 15.0 Å². The quantitative estimate of drug-likeness (QED) is 0.797. The molecule has 1 aliphatic rings. The molecule has 0 aliphatic heterocycles. The van der Waals surface area contributed by atoms with E-state index in [0.29, 0.717) is 35.3 Å². The average molecular weight is 318 g/mol. The molecule has 0 N–H and O–H groups in total. The summed E-state index contributed by atoms with van der Waals surface area (Å²) in [6.45, 7) is 3.75. The van der Waals surface area contributed by atoms with Crippen molar-refractivity contribution in [1.82, 2.24) is 15.0 Å². The maximum Gasteiger partial charge on any atom is 0.216 e. The number of nitrogens with zero attached hydrogens (tertiary/aromatic N) is 3. The first-order valence-electron chi connectivity index (χ1n) is 7.04. The van der Waals surface area contributed by atoms with E-state index in [1.54, 1.807) is 25.4 Å². The van der Waals surface area contributed by atoms with Crippen LogP contribution >= 0.6 is 11.6 Å². The van der Waals surface area contributed by atoms with E-state index in [0.717, 1.165) is 11.3 Å². The topological polar surface area (TPSA) is 65.0 Å². The van der Waals surface area contributed by atoms with Crippen LogP contribution in [0.2, 0.25) is 5.15 Å². The number of rotatable bonds is 2. The van der Waals surface area contributed by atoms with Crippen molar-refractivity contribution in [3.05, 3.63) is 46.1 Å². The van der Waals surface area contributed by atoms with Crippen molar-refractivity contribution in [2.24, 2.45) is 0 Å². The van der Waals surface area contributed by atoms with Gasteiger partial charge in [0.05, 0.1) is 18.2 Å². The molecule has 3 rings (SSSR count). The van der Waals surface area contributed by atoms with Gasteiger partial charge in [-0.1, -0.05) is 11.6 Å². The van der Waals surface area contributed by atoms with Crippen LogP contribution in [0, 0.1) is 6.92 Å². The minimum Gasteiger partial charge on any atom is -0.481 e. The van der Waals surface area contributed by atoms with E-state index in [1.807, 2.05) is 13.8 Å². The lowest BCUT2D eigenvalue weighted by molar-refractivity contribution is 0.0865. The third kappa shape index (κ3) is 2.25. The molecule has 0 amide bonds. The van der Waals surface area contributed by atoms with Crippen molar-refractivity contribution in [1.29, 1.82) is 0 Å². The van der Waals surface area contributed by atoms with Gasteiger partial charge in [0.1, 0.15) is 11.0 Å². The maximum atomic E-state index is 13.1. The van der Waals surface area contributed by atoms with Gasteiger partial charge in [-0.25, -0.2) is 9.97 Å². The first-order valence-corrected chi connectivity index (χ1v) is 7.42. The zero-order valence-corrected chi connectivity index (χ0v) is 13.4. The summed E-state index contributed by atoms with van der Waals surface area (Å²) in [4.78, 5) is 26.0. The number of aryl methyl sites for hydroxylation is 2. The molecule has 6 heteroatoms. The van der Waals surface area contributed by atoms with Crippen LogP contribution in [0.5, 0.6) is 5.88 Å². The van der Waals surface area contributed by atoms with Crippen molar-refractivity contribution < 1.29 is 9.53 Å². The minimum atomic E-state index is -0.776. The molecule has 0 radical (unpaired) electrons. The van der Waals surface area contributed by atoms with Gasteiger partial charge in [-0.15, -0.1) is 0 Å². The zero-order valence-electron chi connectivity index (χ0n) is 12.7. The van der Waals surface area contributed by atoms with E-state index in [1.165, 1.54) is 0 Å². The number of hydrogen-bond acceptors (Lipinski definition) is 5. The monoisotopic (exact) mass is 317 g/mol. The van der Waals surface area contributed by atoms with E-state index in [-0.39, 0.29) is 5.78 Å². The van der Waals surface area contributed by atoms with Crippen LogP contribution in [0.4, 0.5) is 0 Å². The molecule has 0 aromatic carbocycles. The van der Waals surface area contributed by atoms with Gasteiger partial charge < -0.3 is 4.74 Å². The van der Waals surface area contributed by atoms with Crippen LogP contribution in [-0.2, 0) is 11.8 Å². The molecule has 5 nitrogen and oxygen atoms in total. The van der Waals surface area contributed by atoms with Crippen LogP contribution < -0.4 is 4.74 Å². The van der Waals surface area contributed by atoms with Gasteiger partial charge in [0, 0.05) is 17.8 Å². The Morgan fingerprint density at radius 2 is 2.14 bits per heavy atom. The summed E-state index contributed by atoms with van der Waals surface area (Å²) in [5, 5.41) is 0.422. The Morgan fingerprint density at radius 1 is 1.36 bits per heavy atom. The molecule has 0 fully saturated rings. The number of methoxy groups -OCH3 is 1. The van der Waals surface area contributed by atoms with Gasteiger partial charge in [-0.05, 0) is 38.3 Å². The van der Waals surface area contributed by atoms with E-state index >= 15 is 0 Å². The Bertz CT molecular complexity index is 763. The summed E-state index contributed by atoms with van der Waals surface area (Å²) >= 11 is 5.99. The third-order valence-corrected chi connectivity index (χ3v) is 4.38. The molecule has 1 aliphatic carbocycles. The van der Waals surface area contributed by atoms with Gasteiger partial charge in [-0.3, -0.25) is 4.79 Å². The van der Waals surface area contributed by atoms with Crippen molar-refractivity contribution in [3.8, 4) is 5.88 Å². The highest BCUT2D eigenvalue weighted by Gasteiger charge is 2.43. The van der Waals surface area contributed by atoms with E-state index < -0.39 is 5.41 Å². The van der Waals surface area contributed by atoms with Crippen molar-refractivity contribution in [2.75, 3.05) is 7.11 Å². The maximum absolute atomic E-state index is 13.1. The molecule has 2 aromatic rings. The Morgan fingerprint density at radius 3 is 2.86 bits per heavy atom. The van der Waals surface area contributed by atoms with Crippen molar-refractivity contribution in [3.63, 3.8) is 0 Å². The molecule has 0 saturated carbocycles. The standard InChI is InChI=1S/C16H16ClN3O2/c1-9-8-11(17)19-10-4-6-16(2,14(21)13(9)10)15-18-7-5-12(20-15)22-3/h5,7-8H,4,6H2,1-3H3. The molecule has 0 bridgehead atoms. The molecule has 0 spiro atoms. The fourth-order valence-electron chi connectivity index (χ4n) is 2.88. The second-order valence-corrected chi connectivity index (χ2v) is 6.05. The number of ketones is 1. The second kappa shape index (κ2) is 5.32. The predicted octanol–water partition coefficient (Wildman–Crippen LogP) is 2.93. The lowest BCUT2D eigenvalue weighted by Gasteiger charge is -2.32. The summed E-state index contributed by atoms with van der Waals surface area (Å²) in [5.74, 6) is 0.927. The molecule has 2 heterocycles. The van der Waals surface area contributed by atoms with Gasteiger partial charge >= 0.3 is 0 Å². The molecular formula is C16H16ClN3O2. The first-order chi connectivity index (χ1) is 10.5. The predicted molar refractivity (Wildman–Crippen MR) is 82.6 cm³/mol. The molecule has 22 heavy (non-hydrogen) atoms. The highest BCUT2D eigenvalue weighted by molar-refractivity contribution is 6.29. The highest BCUT2D eigenvalue weighted by Crippen LogP contribution is 2.38. The summed E-state index contributed by atoms with van der Waals surface area (Å²) in [5.41, 5.74) is 1.47. The third-order valence-electron chi connectivity index (χ3n) is 4.18. The summed E-state index contributed by atoms with van der Waals surface area (Å²) in [7, 11) is 1.54. The lowest BCUT2D eigenvalue weighted by atomic mass is 9.71. The van der Waals surface area contributed by atoms with Gasteiger partial charge in [0.15, 0.2) is 5.78 Å². The second-order valence-electron chi connectivity index (χ2n) is 5.67. The summed E-state index contributed by atoms with van der Waals surface area (Å²) in [6.07, 6.45) is 2.88. The van der Waals surface area contributed by atoms with E-state index in [4.69, 9.17) is 16.3 Å². The van der Waals surface area contributed by atoms with Crippen molar-refractivity contribution >= 4 is 17.4 Å². The van der Waals surface area contributed by atoms with Crippen LogP contribution in [-0.4, -0.2) is 27.8 Å². The van der Waals surface area contributed by atoms with Crippen LogP contribution in [0.1, 0.15) is 40.8 Å². The largest absolute Gasteiger partial charge is 0.481 e. The van der Waals surface area contributed by atoms with E-state index in [9.17, 15) is 4.79 Å². The molecule has 2 aromatic heterocycles. The Balaban J connectivity index is 2.11.